The van der Waals surface area contributed by atoms with Gasteiger partial charge in [0.05, 0.1) is 18.8 Å². The molecule has 1 aromatic carbocycles. The van der Waals surface area contributed by atoms with Gasteiger partial charge in [0.25, 0.3) is 15.6 Å². The van der Waals surface area contributed by atoms with Crippen molar-refractivity contribution in [2.45, 2.75) is 18.2 Å². The van der Waals surface area contributed by atoms with Crippen molar-refractivity contribution >= 4 is 38.1 Å². The molecule has 2 amide bonds. The van der Waals surface area contributed by atoms with Crippen LogP contribution in [0.5, 0.6) is 0 Å². The van der Waals surface area contributed by atoms with Crippen LogP contribution in [-0.4, -0.2) is 58.5 Å². The minimum atomic E-state index is -4.38. The average molecular weight is 447 g/mol. The molecule has 0 aliphatic carbocycles. The van der Waals surface area contributed by atoms with Gasteiger partial charge in [0, 0.05) is 18.1 Å². The fraction of sp³-hybridized carbons (Fsp3) is 0.263. The molecular weight excluding hydrogens is 428 g/mol. The molecule has 1 aliphatic heterocycles. The number of hydrogen-bond acceptors (Lipinski definition) is 7. The smallest absolute Gasteiger partial charge is 0.279 e. The molecule has 0 bridgehead atoms. The Morgan fingerprint density at radius 1 is 1.07 bits per heavy atom. The molecular formula is C19H18N4O5S2. The number of aromatic nitrogens is 2. The lowest BCUT2D eigenvalue weighted by Gasteiger charge is -2.32. The zero-order valence-electron chi connectivity index (χ0n) is 16.0. The average Bonchev–Trinajstić information content (AvgIpc) is 3.16. The van der Waals surface area contributed by atoms with E-state index >= 15 is 0 Å². The van der Waals surface area contributed by atoms with Gasteiger partial charge in [-0.05, 0) is 18.9 Å². The summed E-state index contributed by atoms with van der Waals surface area (Å²) >= 11 is 1.20. The maximum atomic E-state index is 13.1. The molecule has 156 valence electrons. The van der Waals surface area contributed by atoms with Crippen LogP contribution in [0.25, 0.3) is 4.96 Å². The van der Waals surface area contributed by atoms with E-state index in [-0.39, 0.29) is 12.2 Å². The number of aryl methyl sites for hydroxylation is 1. The quantitative estimate of drug-likeness (QED) is 0.533. The number of nitrogens with zero attached hydrogens (tertiary/aromatic N) is 4. The maximum Gasteiger partial charge on any atom is 0.279 e. The van der Waals surface area contributed by atoms with Crippen molar-refractivity contribution in [3.8, 4) is 0 Å². The van der Waals surface area contributed by atoms with Gasteiger partial charge in [-0.25, -0.2) is 13.4 Å². The molecule has 11 heteroatoms. The van der Waals surface area contributed by atoms with Gasteiger partial charge < -0.3 is 0 Å². The number of sulfonamides is 1. The molecule has 0 atom stereocenters. The molecule has 9 nitrogen and oxygen atoms in total. The highest BCUT2D eigenvalue weighted by molar-refractivity contribution is 7.89. The van der Waals surface area contributed by atoms with Gasteiger partial charge in [-0.3, -0.25) is 23.7 Å². The molecule has 0 radical (unpaired) electrons. The largest absolute Gasteiger partial charge is 0.280 e. The van der Waals surface area contributed by atoms with E-state index in [1.807, 2.05) is 30.3 Å². The number of imide groups is 1. The molecule has 1 aliphatic rings. The number of thiazole rings is 1. The standard InChI is InChI=1S/C19H18N4O5S2/c1-13-17(18(26)23-9-10-29-19(23)20-13)30(27,28)21-11-15(24)22(16(25)12-21)8-7-14-5-3-2-4-6-14/h2-6,9-10H,7-8,11-12H2,1H3. The third-order valence-corrected chi connectivity index (χ3v) is 7.57. The topological polar surface area (TPSA) is 109 Å². The minimum absolute atomic E-state index is 0.0360. The molecule has 4 rings (SSSR count). The Labute approximate surface area is 176 Å². The number of hydrogen-bond donors (Lipinski definition) is 0. The molecule has 0 unspecified atom stereocenters. The van der Waals surface area contributed by atoms with Crippen LogP contribution in [0.15, 0.2) is 51.6 Å². The lowest BCUT2D eigenvalue weighted by atomic mass is 10.1. The van der Waals surface area contributed by atoms with Gasteiger partial charge >= 0.3 is 0 Å². The van der Waals surface area contributed by atoms with Crippen LogP contribution < -0.4 is 5.56 Å². The summed E-state index contributed by atoms with van der Waals surface area (Å²) in [6.45, 7) is 0.579. The zero-order valence-corrected chi connectivity index (χ0v) is 17.6. The van der Waals surface area contributed by atoms with Crippen LogP contribution in [0.1, 0.15) is 11.3 Å². The summed E-state index contributed by atoms with van der Waals surface area (Å²) in [4.78, 5) is 42.9. The van der Waals surface area contributed by atoms with Gasteiger partial charge in [-0.15, -0.1) is 11.3 Å². The van der Waals surface area contributed by atoms with E-state index in [9.17, 15) is 22.8 Å². The van der Waals surface area contributed by atoms with Gasteiger partial charge in [0.15, 0.2) is 9.86 Å². The first kappa shape index (κ1) is 20.4. The van der Waals surface area contributed by atoms with E-state index < -0.39 is 45.4 Å². The van der Waals surface area contributed by atoms with Gasteiger partial charge in [0.2, 0.25) is 11.8 Å². The number of rotatable bonds is 5. The van der Waals surface area contributed by atoms with E-state index in [1.165, 1.54) is 24.5 Å². The Morgan fingerprint density at radius 2 is 1.73 bits per heavy atom. The van der Waals surface area contributed by atoms with E-state index in [0.717, 1.165) is 19.2 Å². The number of carbonyl (C=O) groups excluding carboxylic acids is 2. The highest BCUT2D eigenvalue weighted by Crippen LogP contribution is 2.20. The predicted octanol–water partition coefficient (Wildman–Crippen LogP) is 0.667. The Hall–Kier alpha value is -2.89. The lowest BCUT2D eigenvalue weighted by Crippen LogP contribution is -2.56. The van der Waals surface area contributed by atoms with Crippen molar-refractivity contribution in [1.82, 2.24) is 18.6 Å². The van der Waals surface area contributed by atoms with Crippen molar-refractivity contribution in [2.24, 2.45) is 0 Å². The molecule has 30 heavy (non-hydrogen) atoms. The van der Waals surface area contributed by atoms with Crippen LogP contribution in [0.2, 0.25) is 0 Å². The van der Waals surface area contributed by atoms with Gasteiger partial charge in [-0.2, -0.15) is 4.31 Å². The molecule has 0 N–H and O–H groups in total. The van der Waals surface area contributed by atoms with Crippen molar-refractivity contribution in [2.75, 3.05) is 19.6 Å². The second-order valence-electron chi connectivity index (χ2n) is 6.83. The van der Waals surface area contributed by atoms with Crippen LogP contribution >= 0.6 is 11.3 Å². The first-order valence-electron chi connectivity index (χ1n) is 9.13. The molecule has 0 saturated carbocycles. The van der Waals surface area contributed by atoms with E-state index in [1.54, 1.807) is 5.38 Å². The summed E-state index contributed by atoms with van der Waals surface area (Å²) in [5.74, 6) is -1.24. The van der Waals surface area contributed by atoms with E-state index in [2.05, 4.69) is 4.98 Å². The predicted molar refractivity (Wildman–Crippen MR) is 110 cm³/mol. The Morgan fingerprint density at radius 3 is 2.40 bits per heavy atom. The van der Waals surface area contributed by atoms with Gasteiger partial charge in [-0.1, -0.05) is 30.3 Å². The number of fused-ring (bicyclic) bond motifs is 1. The van der Waals surface area contributed by atoms with Crippen molar-refractivity contribution in [3.05, 3.63) is 63.5 Å². The van der Waals surface area contributed by atoms with Crippen LogP contribution in [-0.2, 0) is 26.0 Å². The Balaban J connectivity index is 1.58. The number of carbonyl (C=O) groups is 2. The molecule has 3 heterocycles. The monoisotopic (exact) mass is 446 g/mol. The first-order valence-corrected chi connectivity index (χ1v) is 11.4. The number of amides is 2. The summed E-state index contributed by atoms with van der Waals surface area (Å²) in [7, 11) is -4.38. The second kappa shape index (κ2) is 7.74. The first-order chi connectivity index (χ1) is 14.3. The van der Waals surface area contributed by atoms with Crippen LogP contribution in [0, 0.1) is 6.92 Å². The van der Waals surface area contributed by atoms with Crippen molar-refractivity contribution in [1.29, 1.82) is 0 Å². The summed E-state index contributed by atoms with van der Waals surface area (Å²) < 4.78 is 28.1. The summed E-state index contributed by atoms with van der Waals surface area (Å²) in [5.41, 5.74) is 0.256. The molecule has 3 aromatic rings. The zero-order chi connectivity index (χ0) is 21.5. The fourth-order valence-corrected chi connectivity index (χ4v) is 5.67. The highest BCUT2D eigenvalue weighted by Gasteiger charge is 2.39. The number of piperazine rings is 1. The van der Waals surface area contributed by atoms with Crippen LogP contribution in [0.3, 0.4) is 0 Å². The third kappa shape index (κ3) is 3.55. The van der Waals surface area contributed by atoms with Crippen molar-refractivity contribution in [3.63, 3.8) is 0 Å². The van der Waals surface area contributed by atoms with Crippen LogP contribution in [0.4, 0.5) is 0 Å². The Bertz CT molecular complexity index is 1280. The summed E-state index contributed by atoms with van der Waals surface area (Å²) in [6.07, 6.45) is 1.91. The summed E-state index contributed by atoms with van der Waals surface area (Å²) in [6, 6.07) is 9.38. The molecule has 2 aromatic heterocycles. The highest BCUT2D eigenvalue weighted by atomic mass is 32.2. The maximum absolute atomic E-state index is 13.1. The number of benzene rings is 1. The molecule has 0 spiro atoms. The minimum Gasteiger partial charge on any atom is -0.280 e. The van der Waals surface area contributed by atoms with Crippen molar-refractivity contribution < 1.29 is 18.0 Å². The fourth-order valence-electron chi connectivity index (χ4n) is 3.36. The third-order valence-electron chi connectivity index (χ3n) is 4.88. The second-order valence-corrected chi connectivity index (χ2v) is 9.58. The lowest BCUT2D eigenvalue weighted by molar-refractivity contribution is -0.149. The van der Waals surface area contributed by atoms with E-state index in [4.69, 9.17) is 0 Å². The molecule has 1 fully saturated rings. The van der Waals surface area contributed by atoms with E-state index in [0.29, 0.717) is 11.4 Å². The normalized spacial score (nSPS) is 15.8. The summed E-state index contributed by atoms with van der Waals surface area (Å²) in [5, 5.41) is 1.62. The SMILES string of the molecule is Cc1nc2sccn2c(=O)c1S(=O)(=O)N1CC(=O)N(CCc2ccccc2)C(=O)C1. The van der Waals surface area contributed by atoms with Gasteiger partial charge in [0.1, 0.15) is 0 Å². The molecule has 1 saturated heterocycles. The Kier molecular flexibility index (Phi) is 5.26.